The van der Waals surface area contributed by atoms with Gasteiger partial charge in [0.05, 0.1) is 28.4 Å². The van der Waals surface area contributed by atoms with Gasteiger partial charge in [-0.3, -0.25) is 4.79 Å². The summed E-state index contributed by atoms with van der Waals surface area (Å²) in [7, 11) is 0. The number of nitrogens with zero attached hydrogens (tertiary/aromatic N) is 1. The number of hydrogen-bond acceptors (Lipinski definition) is 2. The summed E-state index contributed by atoms with van der Waals surface area (Å²) in [4.78, 5) is 20.6. The van der Waals surface area contributed by atoms with Gasteiger partial charge < -0.3 is 10.3 Å². The fourth-order valence-electron chi connectivity index (χ4n) is 2.77. The summed E-state index contributed by atoms with van der Waals surface area (Å²) in [5.41, 5.74) is 1.84. The van der Waals surface area contributed by atoms with Crippen molar-refractivity contribution in [2.75, 3.05) is 0 Å². The number of fused-ring (bicyclic) bond motifs is 1. The Bertz CT molecular complexity index is 776. The number of para-hydroxylation sites is 2. The molecule has 0 spiro atoms. The van der Waals surface area contributed by atoms with Crippen LogP contribution in [-0.2, 0) is 4.79 Å². The van der Waals surface area contributed by atoms with Gasteiger partial charge in [-0.15, -0.1) is 11.6 Å². The number of amides is 1. The molecule has 1 heterocycles. The van der Waals surface area contributed by atoms with Crippen LogP contribution in [0.4, 0.5) is 0 Å². The number of H-pyrrole nitrogens is 1. The number of aromatic amines is 1. The van der Waals surface area contributed by atoms with Gasteiger partial charge in [0.1, 0.15) is 5.82 Å². The summed E-state index contributed by atoms with van der Waals surface area (Å²) in [6.45, 7) is 4.09. The van der Waals surface area contributed by atoms with E-state index in [4.69, 9.17) is 23.2 Å². The third-order valence-electron chi connectivity index (χ3n) is 4.09. The molecule has 1 aromatic heterocycles. The van der Waals surface area contributed by atoms with Gasteiger partial charge in [-0.25, -0.2) is 4.98 Å². The van der Waals surface area contributed by atoms with Crippen LogP contribution in [0.2, 0.25) is 0 Å². The minimum absolute atomic E-state index is 0.133. The molecule has 0 fully saturated rings. The molecule has 3 rings (SSSR count). The van der Waals surface area contributed by atoms with Crippen LogP contribution in [-0.4, -0.2) is 21.3 Å². The molecule has 0 aliphatic heterocycles. The maximum absolute atomic E-state index is 12.7. The Labute approximate surface area is 150 Å². The van der Waals surface area contributed by atoms with Gasteiger partial charge in [0, 0.05) is 5.03 Å². The van der Waals surface area contributed by atoms with E-state index in [9.17, 15) is 4.79 Å². The molecule has 0 saturated heterocycles. The van der Waals surface area contributed by atoms with Crippen LogP contribution < -0.4 is 5.32 Å². The maximum atomic E-state index is 12.7. The molecule has 1 aliphatic carbocycles. The monoisotopic (exact) mass is 363 g/mol. The van der Waals surface area contributed by atoms with Crippen molar-refractivity contribution in [3.63, 3.8) is 0 Å². The highest BCUT2D eigenvalue weighted by Crippen LogP contribution is 2.27. The first-order valence-electron chi connectivity index (χ1n) is 7.90. The Morgan fingerprint density at radius 2 is 2.08 bits per heavy atom. The van der Waals surface area contributed by atoms with Crippen LogP contribution in [0.25, 0.3) is 11.0 Å². The summed E-state index contributed by atoms with van der Waals surface area (Å²) in [6, 6.07) is 7.59. The lowest BCUT2D eigenvalue weighted by molar-refractivity contribution is -0.124. The summed E-state index contributed by atoms with van der Waals surface area (Å²) >= 11 is 12.2. The number of halogens is 2. The molecule has 1 aliphatic rings. The first-order valence-corrected chi connectivity index (χ1v) is 8.72. The normalized spacial score (nSPS) is 21.8. The Kier molecular flexibility index (Phi) is 4.97. The van der Waals surface area contributed by atoms with Crippen molar-refractivity contribution in [1.29, 1.82) is 0 Å². The summed E-state index contributed by atoms with van der Waals surface area (Å²) < 4.78 is 0. The molecule has 3 atom stereocenters. The highest BCUT2D eigenvalue weighted by Gasteiger charge is 2.29. The van der Waals surface area contributed by atoms with E-state index in [1.54, 1.807) is 18.2 Å². The van der Waals surface area contributed by atoms with Crippen LogP contribution in [0.5, 0.6) is 0 Å². The van der Waals surface area contributed by atoms with Crippen LogP contribution in [0, 0.1) is 11.8 Å². The summed E-state index contributed by atoms with van der Waals surface area (Å²) in [5.74, 6) is 0.347. The van der Waals surface area contributed by atoms with Crippen LogP contribution >= 0.6 is 23.2 Å². The zero-order chi connectivity index (χ0) is 17.3. The average molecular weight is 364 g/mol. The Hall–Kier alpha value is -1.78. The zero-order valence-electron chi connectivity index (χ0n) is 13.5. The standard InChI is InChI=1S/C18H19Cl2N3O/c1-10(2)16(17-21-14-5-3-4-6-15(14)22-17)23-18(24)12-8-7-11(19)9-13(12)20/h3-10,12-13,16H,1-2H3,(H,21,22)(H,23,24)/t12-,13-,16+/m1/s1. The molecule has 6 heteroatoms. The molecule has 2 aromatic rings. The number of alkyl halides is 1. The van der Waals surface area contributed by atoms with Crippen molar-refractivity contribution < 1.29 is 4.79 Å². The van der Waals surface area contributed by atoms with E-state index in [1.165, 1.54) is 0 Å². The smallest absolute Gasteiger partial charge is 0.229 e. The second-order valence-corrected chi connectivity index (χ2v) is 7.19. The minimum Gasteiger partial charge on any atom is -0.345 e. The minimum atomic E-state index is -0.453. The van der Waals surface area contributed by atoms with E-state index in [0.29, 0.717) is 5.03 Å². The summed E-state index contributed by atoms with van der Waals surface area (Å²) in [6.07, 6.45) is 5.13. The molecule has 1 amide bonds. The number of carbonyl (C=O) groups excluding carboxylic acids is 1. The highest BCUT2D eigenvalue weighted by molar-refractivity contribution is 6.33. The Balaban J connectivity index is 1.82. The lowest BCUT2D eigenvalue weighted by atomic mass is 9.97. The number of carbonyl (C=O) groups is 1. The van der Waals surface area contributed by atoms with E-state index >= 15 is 0 Å². The van der Waals surface area contributed by atoms with E-state index in [1.807, 2.05) is 38.1 Å². The predicted molar refractivity (Wildman–Crippen MR) is 98.0 cm³/mol. The van der Waals surface area contributed by atoms with E-state index in [0.717, 1.165) is 16.9 Å². The molecule has 126 valence electrons. The molecule has 2 N–H and O–H groups in total. The fourth-order valence-corrected chi connectivity index (χ4v) is 3.37. The highest BCUT2D eigenvalue weighted by atomic mass is 35.5. The molecule has 0 unspecified atom stereocenters. The first-order chi connectivity index (χ1) is 11.5. The molecule has 1 aromatic carbocycles. The average Bonchev–Trinajstić information content (AvgIpc) is 2.95. The van der Waals surface area contributed by atoms with E-state index < -0.39 is 11.3 Å². The second kappa shape index (κ2) is 6.99. The van der Waals surface area contributed by atoms with Gasteiger partial charge in [0.15, 0.2) is 0 Å². The molecular weight excluding hydrogens is 345 g/mol. The van der Waals surface area contributed by atoms with Crippen LogP contribution in [0.3, 0.4) is 0 Å². The maximum Gasteiger partial charge on any atom is 0.229 e. The van der Waals surface area contributed by atoms with Crippen molar-refractivity contribution in [3.8, 4) is 0 Å². The molecule has 0 saturated carbocycles. The van der Waals surface area contributed by atoms with Crippen molar-refractivity contribution in [2.24, 2.45) is 11.8 Å². The van der Waals surface area contributed by atoms with Crippen molar-refractivity contribution in [1.82, 2.24) is 15.3 Å². The van der Waals surface area contributed by atoms with E-state index in [2.05, 4.69) is 15.3 Å². The van der Waals surface area contributed by atoms with Gasteiger partial charge >= 0.3 is 0 Å². The molecule has 4 nitrogen and oxygen atoms in total. The van der Waals surface area contributed by atoms with Crippen molar-refractivity contribution in [2.45, 2.75) is 25.3 Å². The summed E-state index contributed by atoms with van der Waals surface area (Å²) in [5, 5.41) is 3.17. The largest absolute Gasteiger partial charge is 0.345 e. The lowest BCUT2D eigenvalue weighted by Gasteiger charge is -2.25. The topological polar surface area (TPSA) is 57.8 Å². The number of imidazole rings is 1. The molecule has 24 heavy (non-hydrogen) atoms. The number of rotatable bonds is 4. The third-order valence-corrected chi connectivity index (χ3v) is 4.74. The second-order valence-electron chi connectivity index (χ2n) is 6.25. The van der Waals surface area contributed by atoms with Crippen molar-refractivity contribution in [3.05, 3.63) is 53.4 Å². The zero-order valence-corrected chi connectivity index (χ0v) is 15.0. The fraction of sp³-hybridized carbons (Fsp3) is 0.333. The van der Waals surface area contributed by atoms with Gasteiger partial charge in [0.2, 0.25) is 5.91 Å². The number of hydrogen-bond donors (Lipinski definition) is 2. The molecular formula is C18H19Cl2N3O. The van der Waals surface area contributed by atoms with E-state index in [-0.39, 0.29) is 17.9 Å². The lowest BCUT2D eigenvalue weighted by Crippen LogP contribution is -2.39. The van der Waals surface area contributed by atoms with Crippen LogP contribution in [0.1, 0.15) is 25.7 Å². The number of allylic oxidation sites excluding steroid dienone is 3. The number of aromatic nitrogens is 2. The predicted octanol–water partition coefficient (Wildman–Crippen LogP) is 4.29. The quantitative estimate of drug-likeness (QED) is 0.795. The van der Waals surface area contributed by atoms with Gasteiger partial charge in [-0.05, 0) is 30.2 Å². The van der Waals surface area contributed by atoms with Crippen LogP contribution in [0.15, 0.2) is 47.5 Å². The number of benzene rings is 1. The molecule has 0 radical (unpaired) electrons. The van der Waals surface area contributed by atoms with Gasteiger partial charge in [-0.2, -0.15) is 0 Å². The Morgan fingerprint density at radius 1 is 1.33 bits per heavy atom. The van der Waals surface area contributed by atoms with Gasteiger partial charge in [0.25, 0.3) is 0 Å². The Morgan fingerprint density at radius 3 is 2.75 bits per heavy atom. The number of nitrogens with one attached hydrogen (secondary N) is 2. The SMILES string of the molecule is CC(C)[C@H](NC(=O)[C@@H]1C=CC(Cl)=C[C@H]1Cl)c1nc2ccccc2[nH]1. The third kappa shape index (κ3) is 3.50. The van der Waals surface area contributed by atoms with Crippen molar-refractivity contribution >= 4 is 40.1 Å². The first kappa shape index (κ1) is 17.1. The van der Waals surface area contributed by atoms with Gasteiger partial charge in [-0.1, -0.05) is 43.7 Å². The molecule has 0 bridgehead atoms.